The Kier molecular flexibility index (Phi) is 3.46. The molecule has 0 atom stereocenters. The van der Waals surface area contributed by atoms with Crippen molar-refractivity contribution in [2.75, 3.05) is 20.2 Å². The Balaban J connectivity index is 1.89. The highest BCUT2D eigenvalue weighted by Gasteiger charge is 2.19. The van der Waals surface area contributed by atoms with Crippen LogP contribution in [0.1, 0.15) is 24.5 Å². The van der Waals surface area contributed by atoms with Gasteiger partial charge in [0, 0.05) is 23.9 Å². The molecule has 3 rings (SSSR count). The third-order valence-corrected chi connectivity index (χ3v) is 3.63. The van der Waals surface area contributed by atoms with Crippen LogP contribution in [0.15, 0.2) is 30.9 Å². The molecule has 0 radical (unpaired) electrons. The predicted molar refractivity (Wildman–Crippen MR) is 72.8 cm³/mol. The van der Waals surface area contributed by atoms with Gasteiger partial charge in [0.25, 0.3) is 0 Å². The summed E-state index contributed by atoms with van der Waals surface area (Å²) in [5, 5.41) is 3.39. The topological polar surface area (TPSA) is 52.0 Å². The summed E-state index contributed by atoms with van der Waals surface area (Å²) in [6.07, 6.45) is 7.98. The van der Waals surface area contributed by atoms with Crippen molar-refractivity contribution in [2.24, 2.45) is 0 Å². The molecule has 0 saturated carbocycles. The quantitative estimate of drug-likeness (QED) is 0.911. The van der Waals surface area contributed by atoms with E-state index in [0.717, 1.165) is 31.6 Å². The van der Waals surface area contributed by atoms with Crippen LogP contribution in [0, 0.1) is 0 Å². The largest absolute Gasteiger partial charge is 0.481 e. The summed E-state index contributed by atoms with van der Waals surface area (Å²) in [5.74, 6) is 1.21. The minimum absolute atomic E-state index is 0.575. The van der Waals surface area contributed by atoms with E-state index in [2.05, 4.69) is 19.9 Å². The number of ether oxygens (including phenoxy) is 1. The van der Waals surface area contributed by atoms with E-state index in [4.69, 9.17) is 4.74 Å². The van der Waals surface area contributed by atoms with E-state index >= 15 is 0 Å². The van der Waals surface area contributed by atoms with Crippen LogP contribution >= 0.6 is 0 Å². The van der Waals surface area contributed by atoms with Gasteiger partial charge >= 0.3 is 0 Å². The fourth-order valence-electron chi connectivity index (χ4n) is 2.58. The van der Waals surface area contributed by atoms with Gasteiger partial charge in [-0.2, -0.15) is 0 Å². The molecule has 1 saturated heterocycles. The number of hydrogen-bond acceptors (Lipinski definition) is 4. The third-order valence-electron chi connectivity index (χ3n) is 3.63. The molecule has 0 bridgehead atoms. The molecule has 3 heterocycles. The predicted octanol–water partition coefficient (Wildman–Crippen LogP) is 1.74. The molecule has 0 aromatic carbocycles. The first kappa shape index (κ1) is 12.2. The summed E-state index contributed by atoms with van der Waals surface area (Å²) in [7, 11) is 1.62. The molecular formula is C14H18N4O. The van der Waals surface area contributed by atoms with Gasteiger partial charge in [0.15, 0.2) is 0 Å². The first-order valence-electron chi connectivity index (χ1n) is 6.62. The van der Waals surface area contributed by atoms with E-state index in [-0.39, 0.29) is 0 Å². The summed E-state index contributed by atoms with van der Waals surface area (Å²) in [5.41, 5.74) is 2.31. The molecule has 1 N–H and O–H groups in total. The molecule has 0 aliphatic carbocycles. The number of nitrogens with zero attached hydrogens (tertiary/aromatic N) is 3. The summed E-state index contributed by atoms with van der Waals surface area (Å²) in [4.78, 5) is 8.56. The van der Waals surface area contributed by atoms with Crippen molar-refractivity contribution >= 4 is 0 Å². The lowest BCUT2D eigenvalue weighted by Gasteiger charge is -2.23. The second kappa shape index (κ2) is 5.40. The molecular weight excluding hydrogens is 240 g/mol. The Labute approximate surface area is 112 Å². The Bertz CT molecular complexity index is 529. The third kappa shape index (κ3) is 2.46. The van der Waals surface area contributed by atoms with Gasteiger partial charge in [0.05, 0.1) is 25.3 Å². The summed E-state index contributed by atoms with van der Waals surface area (Å²) >= 11 is 0. The van der Waals surface area contributed by atoms with Gasteiger partial charge in [0.2, 0.25) is 5.88 Å². The van der Waals surface area contributed by atoms with Crippen LogP contribution in [0.2, 0.25) is 0 Å². The fourth-order valence-corrected chi connectivity index (χ4v) is 2.58. The normalized spacial score (nSPS) is 16.5. The van der Waals surface area contributed by atoms with Gasteiger partial charge in [-0.25, -0.2) is 9.97 Å². The zero-order chi connectivity index (χ0) is 13.1. The summed E-state index contributed by atoms with van der Waals surface area (Å²) < 4.78 is 7.22. The number of hydrogen-bond donors (Lipinski definition) is 1. The van der Waals surface area contributed by atoms with Crippen molar-refractivity contribution in [1.29, 1.82) is 0 Å². The molecule has 5 nitrogen and oxygen atoms in total. The lowest BCUT2D eigenvalue weighted by molar-refractivity contribution is 0.397. The lowest BCUT2D eigenvalue weighted by Crippen LogP contribution is -2.27. The van der Waals surface area contributed by atoms with Crippen molar-refractivity contribution in [3.8, 4) is 11.6 Å². The number of rotatable bonds is 3. The Morgan fingerprint density at radius 3 is 2.79 bits per heavy atom. The highest BCUT2D eigenvalue weighted by atomic mass is 16.5. The molecule has 0 unspecified atom stereocenters. The highest BCUT2D eigenvalue weighted by molar-refractivity contribution is 5.34. The van der Waals surface area contributed by atoms with E-state index in [1.807, 2.05) is 30.9 Å². The van der Waals surface area contributed by atoms with Crippen molar-refractivity contribution < 1.29 is 4.74 Å². The van der Waals surface area contributed by atoms with Crippen LogP contribution in [0.5, 0.6) is 5.88 Å². The molecule has 100 valence electrons. The summed E-state index contributed by atoms with van der Waals surface area (Å²) in [6, 6.07) is 3.89. The van der Waals surface area contributed by atoms with Crippen LogP contribution in [0.4, 0.5) is 0 Å². The molecule has 2 aromatic rings. The number of aromatic nitrogens is 3. The average molecular weight is 258 g/mol. The number of piperidine rings is 1. The molecule has 0 spiro atoms. The second-order valence-electron chi connectivity index (χ2n) is 4.77. The van der Waals surface area contributed by atoms with Gasteiger partial charge in [-0.05, 0) is 32.0 Å². The van der Waals surface area contributed by atoms with E-state index in [1.54, 1.807) is 7.11 Å². The Morgan fingerprint density at radius 2 is 2.11 bits per heavy atom. The number of methoxy groups -OCH3 is 1. The van der Waals surface area contributed by atoms with Gasteiger partial charge < -0.3 is 14.6 Å². The molecule has 2 aromatic heterocycles. The van der Waals surface area contributed by atoms with Crippen LogP contribution in [-0.2, 0) is 0 Å². The maximum atomic E-state index is 5.09. The first-order valence-corrected chi connectivity index (χ1v) is 6.62. The van der Waals surface area contributed by atoms with Crippen LogP contribution < -0.4 is 10.1 Å². The molecule has 1 aliphatic rings. The zero-order valence-corrected chi connectivity index (χ0v) is 11.0. The van der Waals surface area contributed by atoms with Gasteiger partial charge in [-0.1, -0.05) is 0 Å². The van der Waals surface area contributed by atoms with Crippen molar-refractivity contribution in [1.82, 2.24) is 19.9 Å². The second-order valence-corrected chi connectivity index (χ2v) is 4.77. The van der Waals surface area contributed by atoms with E-state index in [1.165, 1.54) is 5.69 Å². The Hall–Kier alpha value is -1.88. The van der Waals surface area contributed by atoms with Gasteiger partial charge in [-0.15, -0.1) is 0 Å². The van der Waals surface area contributed by atoms with Crippen LogP contribution in [-0.4, -0.2) is 34.7 Å². The maximum Gasteiger partial charge on any atom is 0.213 e. The maximum absolute atomic E-state index is 5.09. The van der Waals surface area contributed by atoms with Crippen molar-refractivity contribution in [2.45, 2.75) is 18.8 Å². The first-order chi connectivity index (χ1) is 9.38. The van der Waals surface area contributed by atoms with Crippen LogP contribution in [0.25, 0.3) is 5.69 Å². The smallest absolute Gasteiger partial charge is 0.213 e. The number of pyridine rings is 1. The van der Waals surface area contributed by atoms with E-state index in [9.17, 15) is 0 Å². The Morgan fingerprint density at radius 1 is 1.26 bits per heavy atom. The van der Waals surface area contributed by atoms with Gasteiger partial charge in [0.1, 0.15) is 0 Å². The van der Waals surface area contributed by atoms with E-state index < -0.39 is 0 Å². The highest BCUT2D eigenvalue weighted by Crippen LogP contribution is 2.27. The van der Waals surface area contributed by atoms with Gasteiger partial charge in [-0.3, -0.25) is 0 Å². The lowest BCUT2D eigenvalue weighted by atomic mass is 9.95. The molecule has 0 amide bonds. The molecule has 1 fully saturated rings. The zero-order valence-electron chi connectivity index (χ0n) is 11.0. The summed E-state index contributed by atoms with van der Waals surface area (Å²) in [6.45, 7) is 2.16. The molecule has 1 aliphatic heterocycles. The number of imidazole rings is 1. The molecule has 5 heteroatoms. The fraction of sp³-hybridized carbons (Fsp3) is 0.429. The molecule has 19 heavy (non-hydrogen) atoms. The SMILES string of the molecule is COc1ccc(-n2cncc2C2CCNCC2)cn1. The monoisotopic (exact) mass is 258 g/mol. The minimum Gasteiger partial charge on any atom is -0.481 e. The van der Waals surface area contributed by atoms with Crippen LogP contribution in [0.3, 0.4) is 0 Å². The number of nitrogens with one attached hydrogen (secondary N) is 1. The van der Waals surface area contributed by atoms with Crippen molar-refractivity contribution in [3.05, 3.63) is 36.5 Å². The average Bonchev–Trinajstić information content (AvgIpc) is 2.98. The van der Waals surface area contributed by atoms with Crippen molar-refractivity contribution in [3.63, 3.8) is 0 Å². The minimum atomic E-state index is 0.575. The standard InChI is InChI=1S/C14H18N4O/c1-19-14-3-2-12(8-17-14)18-10-16-9-13(18)11-4-6-15-7-5-11/h2-3,8-11,15H,4-7H2,1H3. The van der Waals surface area contributed by atoms with E-state index in [0.29, 0.717) is 11.8 Å².